The third kappa shape index (κ3) is 2.67. The number of hydrogen-bond donors (Lipinski definition) is 1. The summed E-state index contributed by atoms with van der Waals surface area (Å²) in [5, 5.41) is 0. The number of nitrogens with two attached hydrogens (primary N) is 1. The van der Waals surface area contributed by atoms with E-state index in [4.69, 9.17) is 5.73 Å². The minimum Gasteiger partial charge on any atom is -0.374 e. The van der Waals surface area contributed by atoms with Crippen molar-refractivity contribution in [3.8, 4) is 11.1 Å². The standard InChI is InChI=1S/C20H23N3O/c1-22-10-8-17-12-16(6-7-19(17)22)14-2-4-15(5-3-14)20(24)23-11-9-18(21)13-23/h2-7,12,18H,8-11,13,21H2,1H3/t18-/m0/s1. The Kier molecular flexibility index (Phi) is 3.77. The van der Waals surface area contributed by atoms with Crippen LogP contribution in [0.5, 0.6) is 0 Å². The Morgan fingerprint density at radius 2 is 1.83 bits per heavy atom. The van der Waals surface area contributed by atoms with Crippen LogP contribution in [0, 0.1) is 0 Å². The van der Waals surface area contributed by atoms with Crippen molar-refractivity contribution in [1.29, 1.82) is 0 Å². The third-order valence-corrected chi connectivity index (χ3v) is 5.18. The molecule has 0 aliphatic carbocycles. The van der Waals surface area contributed by atoms with Crippen molar-refractivity contribution >= 4 is 11.6 Å². The zero-order chi connectivity index (χ0) is 16.7. The predicted molar refractivity (Wildman–Crippen MR) is 97.3 cm³/mol. The van der Waals surface area contributed by atoms with Crippen molar-refractivity contribution in [1.82, 2.24) is 4.90 Å². The number of hydrogen-bond acceptors (Lipinski definition) is 3. The van der Waals surface area contributed by atoms with Crippen LogP contribution in [0.3, 0.4) is 0 Å². The van der Waals surface area contributed by atoms with E-state index in [0.29, 0.717) is 6.54 Å². The first-order valence-corrected chi connectivity index (χ1v) is 8.61. The number of anilines is 1. The van der Waals surface area contributed by atoms with Gasteiger partial charge in [0, 0.05) is 44.0 Å². The summed E-state index contributed by atoms with van der Waals surface area (Å²) >= 11 is 0. The van der Waals surface area contributed by atoms with Gasteiger partial charge in [-0.1, -0.05) is 18.2 Å². The summed E-state index contributed by atoms with van der Waals surface area (Å²) in [4.78, 5) is 16.6. The monoisotopic (exact) mass is 321 g/mol. The molecule has 0 radical (unpaired) electrons. The number of rotatable bonds is 2. The molecule has 0 spiro atoms. The van der Waals surface area contributed by atoms with Gasteiger partial charge < -0.3 is 15.5 Å². The van der Waals surface area contributed by atoms with E-state index in [0.717, 1.165) is 37.1 Å². The number of likely N-dealkylation sites (N-methyl/N-ethyl adjacent to an activating group) is 1. The normalized spacial score (nSPS) is 19.7. The topological polar surface area (TPSA) is 49.6 Å². The van der Waals surface area contributed by atoms with E-state index in [-0.39, 0.29) is 11.9 Å². The second-order valence-corrected chi connectivity index (χ2v) is 6.89. The molecular weight excluding hydrogens is 298 g/mol. The highest BCUT2D eigenvalue weighted by molar-refractivity contribution is 5.95. The summed E-state index contributed by atoms with van der Waals surface area (Å²) in [6.07, 6.45) is 2.00. The Labute approximate surface area is 142 Å². The molecule has 4 nitrogen and oxygen atoms in total. The molecule has 1 fully saturated rings. The van der Waals surface area contributed by atoms with Crippen LogP contribution < -0.4 is 10.6 Å². The zero-order valence-electron chi connectivity index (χ0n) is 14.0. The van der Waals surface area contributed by atoms with E-state index < -0.39 is 0 Å². The minimum atomic E-state index is 0.0880. The second-order valence-electron chi connectivity index (χ2n) is 6.89. The van der Waals surface area contributed by atoms with E-state index in [1.807, 2.05) is 29.2 Å². The molecule has 24 heavy (non-hydrogen) atoms. The number of nitrogens with zero attached hydrogens (tertiary/aromatic N) is 2. The molecule has 1 amide bonds. The molecule has 124 valence electrons. The molecule has 2 aromatic rings. The summed E-state index contributed by atoms with van der Waals surface area (Å²) < 4.78 is 0. The van der Waals surface area contributed by atoms with Gasteiger partial charge in [-0.25, -0.2) is 0 Å². The number of carbonyl (C=O) groups is 1. The van der Waals surface area contributed by atoms with Gasteiger partial charge in [0.05, 0.1) is 0 Å². The average Bonchev–Trinajstić information content (AvgIpc) is 3.20. The molecular formula is C20H23N3O. The maximum Gasteiger partial charge on any atom is 0.253 e. The Balaban J connectivity index is 1.55. The Morgan fingerprint density at radius 1 is 1.08 bits per heavy atom. The van der Waals surface area contributed by atoms with Gasteiger partial charge in [-0.05, 0) is 53.8 Å². The summed E-state index contributed by atoms with van der Waals surface area (Å²) in [6.45, 7) is 2.52. The first kappa shape index (κ1) is 15.2. The lowest BCUT2D eigenvalue weighted by molar-refractivity contribution is 0.0791. The fourth-order valence-corrected chi connectivity index (χ4v) is 3.71. The first-order chi connectivity index (χ1) is 11.6. The maximum absolute atomic E-state index is 12.5. The van der Waals surface area contributed by atoms with Gasteiger partial charge in [-0.2, -0.15) is 0 Å². The predicted octanol–water partition coefficient (Wildman–Crippen LogP) is 2.52. The van der Waals surface area contributed by atoms with E-state index in [2.05, 4.69) is 30.1 Å². The highest BCUT2D eigenvalue weighted by Crippen LogP contribution is 2.31. The molecule has 2 aliphatic rings. The lowest BCUT2D eigenvalue weighted by Gasteiger charge is -2.16. The van der Waals surface area contributed by atoms with Crippen LogP contribution >= 0.6 is 0 Å². The molecule has 2 aromatic carbocycles. The molecule has 2 heterocycles. The quantitative estimate of drug-likeness (QED) is 0.925. The molecule has 4 rings (SSSR count). The molecule has 0 unspecified atom stereocenters. The highest BCUT2D eigenvalue weighted by Gasteiger charge is 2.24. The van der Waals surface area contributed by atoms with Crippen LogP contribution in [0.2, 0.25) is 0 Å². The molecule has 0 aromatic heterocycles. The van der Waals surface area contributed by atoms with Gasteiger partial charge in [-0.3, -0.25) is 4.79 Å². The summed E-state index contributed by atoms with van der Waals surface area (Å²) in [5.41, 5.74) is 11.7. The average molecular weight is 321 g/mol. The molecule has 2 N–H and O–H groups in total. The van der Waals surface area contributed by atoms with Gasteiger partial charge in [0.25, 0.3) is 5.91 Å². The molecule has 1 atom stereocenters. The van der Waals surface area contributed by atoms with Crippen molar-refractivity contribution in [3.05, 3.63) is 53.6 Å². The Morgan fingerprint density at radius 3 is 2.54 bits per heavy atom. The Bertz CT molecular complexity index is 769. The highest BCUT2D eigenvalue weighted by atomic mass is 16.2. The van der Waals surface area contributed by atoms with Crippen molar-refractivity contribution in [3.63, 3.8) is 0 Å². The van der Waals surface area contributed by atoms with Gasteiger partial charge in [0.2, 0.25) is 0 Å². The van der Waals surface area contributed by atoms with Gasteiger partial charge in [0.15, 0.2) is 0 Å². The fraction of sp³-hybridized carbons (Fsp3) is 0.350. The number of benzene rings is 2. The molecule has 4 heteroatoms. The summed E-state index contributed by atoms with van der Waals surface area (Å²) in [7, 11) is 2.14. The van der Waals surface area contributed by atoms with Crippen molar-refractivity contribution in [2.45, 2.75) is 18.9 Å². The van der Waals surface area contributed by atoms with Gasteiger partial charge >= 0.3 is 0 Å². The van der Waals surface area contributed by atoms with Gasteiger partial charge in [0.1, 0.15) is 0 Å². The smallest absolute Gasteiger partial charge is 0.253 e. The second kappa shape index (κ2) is 5.95. The third-order valence-electron chi connectivity index (χ3n) is 5.18. The van der Waals surface area contributed by atoms with Crippen LogP contribution in [0.15, 0.2) is 42.5 Å². The SMILES string of the molecule is CN1CCc2cc(-c3ccc(C(=O)N4CC[C@H](N)C4)cc3)ccc21. The largest absolute Gasteiger partial charge is 0.374 e. The zero-order valence-corrected chi connectivity index (χ0v) is 14.0. The minimum absolute atomic E-state index is 0.0880. The van der Waals surface area contributed by atoms with Crippen LogP contribution in [-0.2, 0) is 6.42 Å². The number of likely N-dealkylation sites (tertiary alicyclic amines) is 1. The van der Waals surface area contributed by atoms with Crippen molar-refractivity contribution in [2.24, 2.45) is 5.73 Å². The van der Waals surface area contributed by atoms with Crippen molar-refractivity contribution < 1.29 is 4.79 Å². The lowest BCUT2D eigenvalue weighted by atomic mass is 10.0. The number of carbonyl (C=O) groups excluding carboxylic acids is 1. The lowest BCUT2D eigenvalue weighted by Crippen LogP contribution is -2.31. The van der Waals surface area contributed by atoms with E-state index in [9.17, 15) is 4.79 Å². The summed E-state index contributed by atoms with van der Waals surface area (Å²) in [5.74, 6) is 0.0880. The van der Waals surface area contributed by atoms with Crippen LogP contribution in [-0.4, -0.2) is 43.5 Å². The molecule has 0 bridgehead atoms. The van der Waals surface area contributed by atoms with E-state index in [1.165, 1.54) is 16.8 Å². The van der Waals surface area contributed by atoms with Crippen molar-refractivity contribution in [2.75, 3.05) is 31.6 Å². The maximum atomic E-state index is 12.5. The van der Waals surface area contributed by atoms with Crippen LogP contribution in [0.4, 0.5) is 5.69 Å². The van der Waals surface area contributed by atoms with E-state index >= 15 is 0 Å². The first-order valence-electron chi connectivity index (χ1n) is 8.61. The van der Waals surface area contributed by atoms with Crippen LogP contribution in [0.1, 0.15) is 22.3 Å². The Hall–Kier alpha value is -2.33. The molecule has 0 saturated carbocycles. The van der Waals surface area contributed by atoms with Gasteiger partial charge in [-0.15, -0.1) is 0 Å². The number of amides is 1. The molecule has 1 saturated heterocycles. The molecule has 2 aliphatic heterocycles. The summed E-state index contributed by atoms with van der Waals surface area (Å²) in [6, 6.07) is 14.7. The van der Waals surface area contributed by atoms with Crippen LogP contribution in [0.25, 0.3) is 11.1 Å². The van der Waals surface area contributed by atoms with E-state index in [1.54, 1.807) is 0 Å². The fourth-order valence-electron chi connectivity index (χ4n) is 3.71. The number of fused-ring (bicyclic) bond motifs is 1.